The molecule has 8 heteroatoms. The molecule has 0 spiro atoms. The summed E-state index contributed by atoms with van der Waals surface area (Å²) in [5.74, 6) is -0.147. The molecule has 1 aromatic rings. The van der Waals surface area contributed by atoms with Gasteiger partial charge < -0.3 is 10.6 Å². The van der Waals surface area contributed by atoms with Gasteiger partial charge in [0.05, 0.1) is 4.90 Å². The monoisotopic (exact) mass is 403 g/mol. The predicted molar refractivity (Wildman–Crippen MR) is 106 cm³/mol. The molecule has 0 saturated carbocycles. The Labute approximate surface area is 163 Å². The number of benzene rings is 1. The predicted octanol–water partition coefficient (Wildman–Crippen LogP) is 1.77. The average Bonchev–Trinajstić information content (AvgIpc) is 2.61. The van der Waals surface area contributed by atoms with Crippen molar-refractivity contribution >= 4 is 28.3 Å². The normalized spacial score (nSPS) is 13.6. The van der Waals surface area contributed by atoms with Crippen LogP contribution in [0.5, 0.6) is 0 Å². The molecule has 0 unspecified atom stereocenters. The first-order valence-electron chi connectivity index (χ1n) is 9.12. The van der Waals surface area contributed by atoms with Gasteiger partial charge in [0.25, 0.3) is 0 Å². The molecule has 0 atom stereocenters. The zero-order valence-electron chi connectivity index (χ0n) is 15.3. The number of halogens is 1. The van der Waals surface area contributed by atoms with Gasteiger partial charge in [0.15, 0.2) is 0 Å². The Hall–Kier alpha value is -1.15. The van der Waals surface area contributed by atoms with Crippen LogP contribution in [0, 0.1) is 0 Å². The van der Waals surface area contributed by atoms with Crippen LogP contribution in [-0.4, -0.2) is 40.5 Å². The zero-order chi connectivity index (χ0) is 18.1. The molecule has 148 valence electrons. The highest BCUT2D eigenvalue weighted by Gasteiger charge is 2.17. The molecule has 0 heterocycles. The number of nitrogens with one attached hydrogen (secondary N) is 3. The molecule has 3 N–H and O–H groups in total. The molecule has 2 rings (SSSR count). The van der Waals surface area contributed by atoms with E-state index in [9.17, 15) is 13.2 Å². The molecule has 0 bridgehead atoms. The lowest BCUT2D eigenvalue weighted by atomic mass is 9.92. The number of hydrogen-bond donors (Lipinski definition) is 3. The van der Waals surface area contributed by atoms with Crippen LogP contribution in [0.3, 0.4) is 0 Å². The summed E-state index contributed by atoms with van der Waals surface area (Å²) in [5, 5.41) is 5.96. The van der Waals surface area contributed by atoms with E-state index in [1.54, 1.807) is 12.1 Å². The summed E-state index contributed by atoms with van der Waals surface area (Å²) >= 11 is 0. The van der Waals surface area contributed by atoms with Crippen LogP contribution < -0.4 is 15.4 Å². The van der Waals surface area contributed by atoms with Crippen molar-refractivity contribution in [3.8, 4) is 0 Å². The van der Waals surface area contributed by atoms with Crippen molar-refractivity contribution in [2.75, 3.05) is 26.2 Å². The third-order valence-electron chi connectivity index (χ3n) is 4.33. The number of rotatable bonds is 10. The molecule has 1 aliphatic carbocycles. The number of aryl methyl sites for hydroxylation is 2. The average molecular weight is 404 g/mol. The van der Waals surface area contributed by atoms with Crippen LogP contribution >= 0.6 is 12.4 Å². The third kappa shape index (κ3) is 7.23. The standard InChI is InChI=1S/C18H29N3O3S.ClH/c1-2-10-19-12-13-20-18(22)9-11-21-25(23,24)17-8-7-15-5-3-4-6-16(15)14-17;/h7-8,14,19,21H,2-6,9-13H2,1H3,(H,20,22);1H. The number of fused-ring (bicyclic) bond motifs is 1. The van der Waals surface area contributed by atoms with Gasteiger partial charge in [-0.05, 0) is 61.9 Å². The molecule has 6 nitrogen and oxygen atoms in total. The van der Waals surface area contributed by atoms with Crippen LogP contribution in [0.4, 0.5) is 0 Å². The van der Waals surface area contributed by atoms with Gasteiger partial charge in [-0.15, -0.1) is 12.4 Å². The molecule has 0 aromatic heterocycles. The number of hydrogen-bond acceptors (Lipinski definition) is 4. The first-order valence-corrected chi connectivity index (χ1v) is 10.6. The second kappa shape index (κ2) is 11.5. The quantitative estimate of drug-likeness (QED) is 0.519. The molecular formula is C18H30ClN3O3S. The molecule has 0 saturated heterocycles. The minimum absolute atomic E-state index is 0. The van der Waals surface area contributed by atoms with Gasteiger partial charge in [0, 0.05) is 26.1 Å². The molecule has 1 aliphatic rings. The molecular weight excluding hydrogens is 374 g/mol. The number of sulfonamides is 1. The van der Waals surface area contributed by atoms with Gasteiger partial charge in [-0.25, -0.2) is 13.1 Å². The zero-order valence-corrected chi connectivity index (χ0v) is 17.0. The van der Waals surface area contributed by atoms with E-state index in [1.165, 1.54) is 12.0 Å². The number of amides is 1. The Morgan fingerprint density at radius 1 is 1.04 bits per heavy atom. The van der Waals surface area contributed by atoms with Crippen LogP contribution in [-0.2, 0) is 27.7 Å². The summed E-state index contributed by atoms with van der Waals surface area (Å²) in [4.78, 5) is 12.0. The van der Waals surface area contributed by atoms with E-state index in [-0.39, 0.29) is 36.2 Å². The van der Waals surface area contributed by atoms with E-state index in [4.69, 9.17) is 0 Å². The SMILES string of the molecule is CCCNCCNC(=O)CCNS(=O)(=O)c1ccc2c(c1)CCCC2.Cl. The third-order valence-corrected chi connectivity index (χ3v) is 5.78. The second-order valence-electron chi connectivity index (χ2n) is 6.39. The second-order valence-corrected chi connectivity index (χ2v) is 8.15. The largest absolute Gasteiger partial charge is 0.355 e. The summed E-state index contributed by atoms with van der Waals surface area (Å²) < 4.78 is 27.3. The minimum atomic E-state index is -3.56. The number of carbonyl (C=O) groups is 1. The highest BCUT2D eigenvalue weighted by Crippen LogP contribution is 2.23. The molecule has 26 heavy (non-hydrogen) atoms. The molecule has 0 aliphatic heterocycles. The van der Waals surface area contributed by atoms with E-state index < -0.39 is 10.0 Å². The lowest BCUT2D eigenvalue weighted by molar-refractivity contribution is -0.120. The highest BCUT2D eigenvalue weighted by molar-refractivity contribution is 7.89. The van der Waals surface area contributed by atoms with E-state index in [2.05, 4.69) is 22.3 Å². The first-order chi connectivity index (χ1) is 12.0. The van der Waals surface area contributed by atoms with Crippen LogP contribution in [0.25, 0.3) is 0 Å². The van der Waals surface area contributed by atoms with Crippen molar-refractivity contribution in [1.29, 1.82) is 0 Å². The van der Waals surface area contributed by atoms with Crippen molar-refractivity contribution < 1.29 is 13.2 Å². The maximum absolute atomic E-state index is 12.4. The Kier molecular flexibility index (Phi) is 10.2. The van der Waals surface area contributed by atoms with Gasteiger partial charge in [0.1, 0.15) is 0 Å². The van der Waals surface area contributed by atoms with Crippen molar-refractivity contribution in [3.05, 3.63) is 29.3 Å². The van der Waals surface area contributed by atoms with Gasteiger partial charge in [-0.1, -0.05) is 13.0 Å². The van der Waals surface area contributed by atoms with Crippen LogP contribution in [0.2, 0.25) is 0 Å². The van der Waals surface area contributed by atoms with Crippen LogP contribution in [0.1, 0.15) is 43.7 Å². The lowest BCUT2D eigenvalue weighted by Crippen LogP contribution is -2.34. The Balaban J connectivity index is 0.00000338. The maximum Gasteiger partial charge on any atom is 0.240 e. The first kappa shape index (κ1) is 22.9. The van der Waals surface area contributed by atoms with Gasteiger partial charge in [-0.2, -0.15) is 0 Å². The summed E-state index contributed by atoms with van der Waals surface area (Å²) in [6.45, 7) is 4.39. The fourth-order valence-corrected chi connectivity index (χ4v) is 4.02. The number of carbonyl (C=O) groups excluding carboxylic acids is 1. The van der Waals surface area contributed by atoms with Crippen molar-refractivity contribution in [2.45, 2.75) is 50.3 Å². The summed E-state index contributed by atoms with van der Waals surface area (Å²) in [5.41, 5.74) is 2.38. The lowest BCUT2D eigenvalue weighted by Gasteiger charge is -2.16. The maximum atomic E-state index is 12.4. The topological polar surface area (TPSA) is 87.3 Å². The molecule has 1 aromatic carbocycles. The van der Waals surface area contributed by atoms with Gasteiger partial charge >= 0.3 is 0 Å². The summed E-state index contributed by atoms with van der Waals surface area (Å²) in [6.07, 6.45) is 5.43. The molecule has 0 fully saturated rings. The van der Waals surface area contributed by atoms with Gasteiger partial charge in [-0.3, -0.25) is 4.79 Å². The smallest absolute Gasteiger partial charge is 0.240 e. The summed E-state index contributed by atoms with van der Waals surface area (Å²) in [6, 6.07) is 5.35. The minimum Gasteiger partial charge on any atom is -0.355 e. The Morgan fingerprint density at radius 2 is 1.77 bits per heavy atom. The van der Waals surface area contributed by atoms with Crippen molar-refractivity contribution in [3.63, 3.8) is 0 Å². The Bertz CT molecular complexity index is 680. The fraction of sp³-hybridized carbons (Fsp3) is 0.611. The fourth-order valence-electron chi connectivity index (χ4n) is 2.94. The van der Waals surface area contributed by atoms with E-state index in [0.29, 0.717) is 6.54 Å². The molecule has 0 radical (unpaired) electrons. The van der Waals surface area contributed by atoms with E-state index in [0.717, 1.165) is 44.3 Å². The van der Waals surface area contributed by atoms with E-state index in [1.807, 2.05) is 6.07 Å². The summed E-state index contributed by atoms with van der Waals surface area (Å²) in [7, 11) is -3.56. The van der Waals surface area contributed by atoms with Gasteiger partial charge in [0.2, 0.25) is 15.9 Å². The van der Waals surface area contributed by atoms with Crippen molar-refractivity contribution in [2.24, 2.45) is 0 Å². The van der Waals surface area contributed by atoms with E-state index >= 15 is 0 Å². The Morgan fingerprint density at radius 3 is 2.50 bits per heavy atom. The highest BCUT2D eigenvalue weighted by atomic mass is 35.5. The van der Waals surface area contributed by atoms with Crippen LogP contribution in [0.15, 0.2) is 23.1 Å². The van der Waals surface area contributed by atoms with Crippen molar-refractivity contribution in [1.82, 2.24) is 15.4 Å². The molecule has 1 amide bonds.